The van der Waals surface area contributed by atoms with E-state index in [2.05, 4.69) is 25.4 Å². The maximum absolute atomic E-state index is 12.2. The summed E-state index contributed by atoms with van der Waals surface area (Å²) in [6, 6.07) is 3.56. The number of amides is 1. The number of nitrogens with zero attached hydrogens (tertiary/aromatic N) is 6. The predicted molar refractivity (Wildman–Crippen MR) is 84.7 cm³/mol. The van der Waals surface area contributed by atoms with Crippen molar-refractivity contribution in [1.29, 1.82) is 0 Å². The van der Waals surface area contributed by atoms with Gasteiger partial charge in [-0.1, -0.05) is 5.16 Å². The van der Waals surface area contributed by atoms with E-state index in [9.17, 15) is 4.79 Å². The van der Waals surface area contributed by atoms with Crippen LogP contribution in [0.1, 0.15) is 5.69 Å². The molecule has 0 aliphatic carbocycles. The number of rotatable bonds is 4. The van der Waals surface area contributed by atoms with E-state index in [1.807, 2.05) is 17.2 Å². The average Bonchev–Trinajstić information content (AvgIpc) is 3.18. The van der Waals surface area contributed by atoms with Crippen molar-refractivity contribution in [2.75, 3.05) is 23.3 Å². The molecule has 0 radical (unpaired) electrons. The van der Waals surface area contributed by atoms with Crippen molar-refractivity contribution in [3.8, 4) is 5.82 Å². The summed E-state index contributed by atoms with van der Waals surface area (Å²) in [5.41, 5.74) is 0.730. The van der Waals surface area contributed by atoms with Crippen molar-refractivity contribution in [2.24, 2.45) is 5.92 Å². The molecule has 3 aromatic rings. The quantitative estimate of drug-likeness (QED) is 0.764. The molecule has 4 rings (SSSR count). The van der Waals surface area contributed by atoms with Gasteiger partial charge in [-0.15, -0.1) is 0 Å². The van der Waals surface area contributed by atoms with Gasteiger partial charge in [0.2, 0.25) is 11.8 Å². The lowest BCUT2D eigenvalue weighted by Crippen LogP contribution is -2.52. The normalized spacial score (nSPS) is 14.5. The van der Waals surface area contributed by atoms with Crippen molar-refractivity contribution in [3.63, 3.8) is 0 Å². The molecule has 0 bridgehead atoms. The van der Waals surface area contributed by atoms with Gasteiger partial charge in [0.1, 0.15) is 24.3 Å². The molecule has 1 aliphatic rings. The first-order chi connectivity index (χ1) is 11.7. The van der Waals surface area contributed by atoms with Crippen LogP contribution in [0.3, 0.4) is 0 Å². The van der Waals surface area contributed by atoms with Gasteiger partial charge in [-0.05, 0) is 6.92 Å². The fourth-order valence-corrected chi connectivity index (χ4v) is 2.52. The molecule has 4 heterocycles. The number of aryl methyl sites for hydroxylation is 1. The van der Waals surface area contributed by atoms with E-state index in [1.165, 1.54) is 6.33 Å². The Morgan fingerprint density at radius 2 is 2.12 bits per heavy atom. The third-order valence-corrected chi connectivity index (χ3v) is 3.86. The van der Waals surface area contributed by atoms with Crippen molar-refractivity contribution < 1.29 is 9.32 Å². The highest BCUT2D eigenvalue weighted by molar-refractivity contribution is 5.93. The number of carbonyl (C=O) groups excluding carboxylic acids is 1. The first kappa shape index (κ1) is 14.4. The molecule has 1 N–H and O–H groups in total. The van der Waals surface area contributed by atoms with Crippen LogP contribution in [-0.4, -0.2) is 43.7 Å². The summed E-state index contributed by atoms with van der Waals surface area (Å²) in [6.07, 6.45) is 6.70. The van der Waals surface area contributed by atoms with Crippen LogP contribution >= 0.6 is 0 Å². The van der Waals surface area contributed by atoms with Crippen LogP contribution in [0.2, 0.25) is 0 Å². The van der Waals surface area contributed by atoms with E-state index in [1.54, 1.807) is 30.1 Å². The molecule has 0 spiro atoms. The van der Waals surface area contributed by atoms with Gasteiger partial charge in [-0.2, -0.15) is 0 Å². The summed E-state index contributed by atoms with van der Waals surface area (Å²) in [4.78, 5) is 26.7. The molecule has 24 heavy (non-hydrogen) atoms. The summed E-state index contributed by atoms with van der Waals surface area (Å²) in [5.74, 6) is 1.71. The average molecular weight is 325 g/mol. The first-order valence-corrected chi connectivity index (χ1v) is 7.48. The Morgan fingerprint density at radius 3 is 2.83 bits per heavy atom. The fourth-order valence-electron chi connectivity index (χ4n) is 2.52. The Hall–Kier alpha value is -3.23. The zero-order valence-electron chi connectivity index (χ0n) is 13.0. The molecule has 1 amide bonds. The minimum absolute atomic E-state index is 0.0775. The zero-order valence-corrected chi connectivity index (χ0v) is 13.0. The van der Waals surface area contributed by atoms with Crippen LogP contribution in [-0.2, 0) is 4.79 Å². The van der Waals surface area contributed by atoms with E-state index in [0.717, 1.165) is 17.3 Å². The smallest absolute Gasteiger partial charge is 0.233 e. The molecule has 1 aliphatic heterocycles. The summed E-state index contributed by atoms with van der Waals surface area (Å²) < 4.78 is 6.80. The minimum atomic E-state index is -0.109. The van der Waals surface area contributed by atoms with Crippen molar-refractivity contribution >= 4 is 17.6 Å². The molecule has 3 aromatic heterocycles. The molecule has 9 nitrogen and oxygen atoms in total. The lowest BCUT2D eigenvalue weighted by atomic mass is 9.99. The van der Waals surface area contributed by atoms with Crippen LogP contribution in [0.4, 0.5) is 11.7 Å². The Balaban J connectivity index is 1.39. The van der Waals surface area contributed by atoms with E-state index in [4.69, 9.17) is 4.52 Å². The summed E-state index contributed by atoms with van der Waals surface area (Å²) in [7, 11) is 0. The van der Waals surface area contributed by atoms with Crippen LogP contribution in [0.5, 0.6) is 0 Å². The second-order valence-electron chi connectivity index (χ2n) is 5.63. The number of aromatic nitrogens is 5. The van der Waals surface area contributed by atoms with Crippen molar-refractivity contribution in [2.45, 2.75) is 6.92 Å². The van der Waals surface area contributed by atoms with Crippen LogP contribution in [0, 0.1) is 12.8 Å². The predicted octanol–water partition coefficient (Wildman–Crippen LogP) is 1.03. The third kappa shape index (κ3) is 2.71. The Bertz CT molecular complexity index is 852. The van der Waals surface area contributed by atoms with Crippen LogP contribution < -0.4 is 10.2 Å². The topological polar surface area (TPSA) is 102 Å². The number of nitrogens with one attached hydrogen (secondary N) is 1. The van der Waals surface area contributed by atoms with E-state index in [-0.39, 0.29) is 11.8 Å². The molecule has 1 fully saturated rings. The third-order valence-electron chi connectivity index (χ3n) is 3.86. The molecule has 0 unspecified atom stereocenters. The van der Waals surface area contributed by atoms with Crippen molar-refractivity contribution in [3.05, 3.63) is 42.9 Å². The highest BCUT2D eigenvalue weighted by atomic mass is 16.5. The number of imidazole rings is 1. The number of anilines is 2. The van der Waals surface area contributed by atoms with Gasteiger partial charge >= 0.3 is 0 Å². The fraction of sp³-hybridized carbons (Fsp3) is 0.267. The van der Waals surface area contributed by atoms with Gasteiger partial charge in [0.25, 0.3) is 0 Å². The molecule has 0 saturated carbocycles. The summed E-state index contributed by atoms with van der Waals surface area (Å²) in [6.45, 7) is 3.00. The van der Waals surface area contributed by atoms with Gasteiger partial charge in [0, 0.05) is 37.6 Å². The molecular weight excluding hydrogens is 310 g/mol. The Kier molecular flexibility index (Phi) is 3.45. The summed E-state index contributed by atoms with van der Waals surface area (Å²) >= 11 is 0. The van der Waals surface area contributed by atoms with E-state index in [0.29, 0.717) is 19.0 Å². The molecule has 1 saturated heterocycles. The van der Waals surface area contributed by atoms with Gasteiger partial charge < -0.3 is 9.42 Å². The summed E-state index contributed by atoms with van der Waals surface area (Å²) in [5, 5.41) is 6.48. The molecule has 0 aromatic carbocycles. The van der Waals surface area contributed by atoms with Gasteiger partial charge in [0.15, 0.2) is 0 Å². The minimum Gasteiger partial charge on any atom is -0.355 e. The van der Waals surface area contributed by atoms with E-state index >= 15 is 0 Å². The monoisotopic (exact) mass is 325 g/mol. The molecule has 0 atom stereocenters. The molecule has 9 heteroatoms. The highest BCUT2D eigenvalue weighted by Crippen LogP contribution is 2.24. The largest absolute Gasteiger partial charge is 0.355 e. The number of hydrogen-bond acceptors (Lipinski definition) is 7. The SMILES string of the molecule is Cc1cc(NC(=O)C2CN(c3cc(-n4ccnc4)ncn3)C2)on1. The lowest BCUT2D eigenvalue weighted by molar-refractivity contribution is -0.120. The Morgan fingerprint density at radius 1 is 1.29 bits per heavy atom. The number of hydrogen-bond donors (Lipinski definition) is 1. The van der Waals surface area contributed by atoms with Gasteiger partial charge in [0.05, 0.1) is 11.6 Å². The number of carbonyl (C=O) groups is 1. The second kappa shape index (κ2) is 5.76. The van der Waals surface area contributed by atoms with Gasteiger partial charge in [-0.3, -0.25) is 14.7 Å². The zero-order chi connectivity index (χ0) is 16.5. The lowest BCUT2D eigenvalue weighted by Gasteiger charge is -2.38. The second-order valence-corrected chi connectivity index (χ2v) is 5.63. The highest BCUT2D eigenvalue weighted by Gasteiger charge is 2.34. The Labute approximate surface area is 137 Å². The maximum Gasteiger partial charge on any atom is 0.233 e. The standard InChI is InChI=1S/C15H15N7O2/c1-10-4-14(24-20-10)19-15(23)11-6-22(7-11)13-5-12(17-8-18-13)21-3-2-16-9-21/h2-5,8-9,11H,6-7H2,1H3,(H,19,23). The van der Waals surface area contributed by atoms with Gasteiger partial charge in [-0.25, -0.2) is 15.0 Å². The maximum atomic E-state index is 12.2. The first-order valence-electron chi connectivity index (χ1n) is 7.48. The van der Waals surface area contributed by atoms with Crippen LogP contribution in [0.25, 0.3) is 5.82 Å². The van der Waals surface area contributed by atoms with Crippen LogP contribution in [0.15, 0.2) is 41.7 Å². The molecule has 122 valence electrons. The van der Waals surface area contributed by atoms with E-state index < -0.39 is 0 Å². The van der Waals surface area contributed by atoms with Crippen molar-refractivity contribution in [1.82, 2.24) is 24.7 Å². The molecular formula is C15H15N7O2.